The first-order valence-electron chi connectivity index (χ1n) is 8.78. The van der Waals surface area contributed by atoms with Crippen LogP contribution in [0.3, 0.4) is 0 Å². The molecule has 9 nitrogen and oxygen atoms in total. The average Bonchev–Trinajstić information content (AvgIpc) is 3.03. The van der Waals surface area contributed by atoms with E-state index < -0.39 is 12.1 Å². The maximum Gasteiger partial charge on any atom is 0.249 e. The molecule has 2 heterocycles. The number of benzene rings is 1. The number of nitrogens with two attached hydrogens (primary N) is 1. The van der Waals surface area contributed by atoms with Crippen LogP contribution in [-0.2, 0) is 11.8 Å². The minimum absolute atomic E-state index is 0.331. The Kier molecular flexibility index (Phi) is 5.76. The summed E-state index contributed by atoms with van der Waals surface area (Å²) < 4.78 is 7.23. The molecule has 1 unspecified atom stereocenters. The number of carbonyl (C=O) groups is 1. The Balaban J connectivity index is 1.94. The number of ether oxygens (including phenoxy) is 1. The van der Waals surface area contributed by atoms with E-state index in [0.717, 1.165) is 11.4 Å². The Bertz CT molecular complexity index is 1080. The average molecular weight is 391 g/mol. The predicted octanol–water partition coefficient (Wildman–Crippen LogP) is 2.59. The summed E-state index contributed by atoms with van der Waals surface area (Å²) in [6, 6.07) is 10.7. The second-order valence-electron chi connectivity index (χ2n) is 6.37. The van der Waals surface area contributed by atoms with Crippen LogP contribution in [0, 0.1) is 18.3 Å². The highest BCUT2D eigenvalue weighted by Crippen LogP contribution is 2.28. The third-order valence-corrected chi connectivity index (χ3v) is 4.33. The van der Waals surface area contributed by atoms with Gasteiger partial charge in [-0.15, -0.1) is 0 Å². The first-order valence-corrected chi connectivity index (χ1v) is 8.78. The lowest BCUT2D eigenvalue weighted by Gasteiger charge is -2.21. The Hall–Kier alpha value is -3.90. The van der Waals surface area contributed by atoms with Crippen molar-refractivity contribution in [3.63, 3.8) is 0 Å². The van der Waals surface area contributed by atoms with Gasteiger partial charge in [0.1, 0.15) is 11.9 Å². The molecule has 9 heteroatoms. The van der Waals surface area contributed by atoms with Crippen LogP contribution in [0.1, 0.15) is 33.4 Å². The molecule has 148 valence electrons. The molecule has 1 aromatic carbocycles. The van der Waals surface area contributed by atoms with Gasteiger partial charge < -0.3 is 21.1 Å². The second-order valence-corrected chi connectivity index (χ2v) is 6.37. The lowest BCUT2D eigenvalue weighted by Crippen LogP contribution is -2.20. The van der Waals surface area contributed by atoms with Crippen LogP contribution in [0.4, 0.5) is 17.2 Å². The number of methoxy groups -OCH3 is 1. The summed E-state index contributed by atoms with van der Waals surface area (Å²) >= 11 is 0. The molecular weight excluding hydrogens is 370 g/mol. The lowest BCUT2D eigenvalue weighted by atomic mass is 10.1. The zero-order valence-corrected chi connectivity index (χ0v) is 16.3. The number of aromatic nitrogens is 3. The van der Waals surface area contributed by atoms with E-state index in [-0.39, 0.29) is 0 Å². The summed E-state index contributed by atoms with van der Waals surface area (Å²) in [5, 5.41) is 20.1. The number of amides is 1. The second kappa shape index (κ2) is 8.41. The number of carbonyl (C=O) groups excluding carboxylic acids is 1. The van der Waals surface area contributed by atoms with Crippen LogP contribution < -0.4 is 16.4 Å². The number of primary amides is 1. The number of rotatable bonds is 7. The summed E-state index contributed by atoms with van der Waals surface area (Å²) in [6.45, 7) is 1.88. The number of hydrogen-bond donors (Lipinski definition) is 3. The van der Waals surface area contributed by atoms with Crippen molar-refractivity contribution in [2.24, 2.45) is 12.8 Å². The first-order chi connectivity index (χ1) is 13.9. The monoisotopic (exact) mass is 391 g/mol. The third kappa shape index (κ3) is 4.34. The molecule has 0 saturated heterocycles. The van der Waals surface area contributed by atoms with Crippen LogP contribution >= 0.6 is 0 Å². The zero-order chi connectivity index (χ0) is 21.0. The van der Waals surface area contributed by atoms with Gasteiger partial charge in [-0.2, -0.15) is 10.4 Å². The molecule has 3 aromatic rings. The van der Waals surface area contributed by atoms with E-state index in [0.29, 0.717) is 28.2 Å². The van der Waals surface area contributed by atoms with Crippen molar-refractivity contribution in [2.45, 2.75) is 13.2 Å². The van der Waals surface area contributed by atoms with Gasteiger partial charge in [0.05, 0.1) is 22.6 Å². The van der Waals surface area contributed by atoms with Gasteiger partial charge in [0.15, 0.2) is 6.23 Å². The SMILES string of the molecule is COC(Nc1cc(Nc2cn(C)nc2C)ncc1C#N)c1ccccc1C(N)=O. The largest absolute Gasteiger partial charge is 0.366 e. The molecule has 0 saturated carbocycles. The number of nitrogens with zero attached hydrogens (tertiary/aromatic N) is 4. The highest BCUT2D eigenvalue weighted by atomic mass is 16.5. The van der Waals surface area contributed by atoms with Gasteiger partial charge in [-0.05, 0) is 13.0 Å². The molecule has 0 aliphatic carbocycles. The molecular formula is C20H21N7O2. The van der Waals surface area contributed by atoms with Gasteiger partial charge in [-0.1, -0.05) is 18.2 Å². The Morgan fingerprint density at radius 2 is 2.10 bits per heavy atom. The molecule has 0 radical (unpaired) electrons. The fourth-order valence-electron chi connectivity index (χ4n) is 2.95. The van der Waals surface area contributed by atoms with Crippen LogP contribution in [-0.4, -0.2) is 27.8 Å². The smallest absolute Gasteiger partial charge is 0.249 e. The third-order valence-electron chi connectivity index (χ3n) is 4.33. The number of hydrogen-bond acceptors (Lipinski definition) is 7. The number of aryl methyl sites for hydroxylation is 2. The van der Waals surface area contributed by atoms with Crippen LogP contribution in [0.2, 0.25) is 0 Å². The van der Waals surface area contributed by atoms with Crippen molar-refractivity contribution in [3.05, 3.63) is 65.1 Å². The molecule has 1 atom stereocenters. The lowest BCUT2D eigenvalue weighted by molar-refractivity contribution is 0.0983. The van der Waals surface area contributed by atoms with Gasteiger partial charge in [-0.3, -0.25) is 9.48 Å². The van der Waals surface area contributed by atoms with Crippen LogP contribution in [0.5, 0.6) is 0 Å². The molecule has 29 heavy (non-hydrogen) atoms. The first kappa shape index (κ1) is 19.9. The number of nitriles is 1. The maximum absolute atomic E-state index is 11.8. The van der Waals surface area contributed by atoms with Crippen molar-refractivity contribution in [2.75, 3.05) is 17.7 Å². The van der Waals surface area contributed by atoms with Crippen molar-refractivity contribution in [1.29, 1.82) is 5.26 Å². The van der Waals surface area contributed by atoms with Crippen LogP contribution in [0.15, 0.2) is 42.7 Å². The fourth-order valence-corrected chi connectivity index (χ4v) is 2.95. The van der Waals surface area contributed by atoms with E-state index in [1.54, 1.807) is 35.0 Å². The Morgan fingerprint density at radius 3 is 2.72 bits per heavy atom. The summed E-state index contributed by atoms with van der Waals surface area (Å²) in [7, 11) is 3.33. The molecule has 0 spiro atoms. The van der Waals surface area contributed by atoms with E-state index in [9.17, 15) is 10.1 Å². The molecule has 0 fully saturated rings. The highest BCUT2D eigenvalue weighted by molar-refractivity contribution is 5.94. The number of nitrogens with one attached hydrogen (secondary N) is 2. The fraction of sp³-hybridized carbons (Fsp3) is 0.200. The summed E-state index contributed by atoms with van der Waals surface area (Å²) in [4.78, 5) is 16.0. The van der Waals surface area contributed by atoms with Gasteiger partial charge in [-0.25, -0.2) is 4.98 Å². The van der Waals surface area contributed by atoms with E-state index in [2.05, 4.69) is 26.8 Å². The van der Waals surface area contributed by atoms with Crippen molar-refractivity contribution in [1.82, 2.24) is 14.8 Å². The highest BCUT2D eigenvalue weighted by Gasteiger charge is 2.19. The van der Waals surface area contributed by atoms with Gasteiger partial charge in [0, 0.05) is 43.7 Å². The molecule has 0 aliphatic rings. The maximum atomic E-state index is 11.8. The van der Waals surface area contributed by atoms with E-state index in [1.807, 2.05) is 20.2 Å². The molecule has 3 rings (SSSR count). The molecule has 0 bridgehead atoms. The van der Waals surface area contributed by atoms with Crippen molar-refractivity contribution in [3.8, 4) is 6.07 Å². The quantitative estimate of drug-likeness (QED) is 0.528. The Labute approximate surface area is 168 Å². The Morgan fingerprint density at radius 1 is 1.34 bits per heavy atom. The number of pyridine rings is 1. The molecule has 4 N–H and O–H groups in total. The molecule has 2 aromatic heterocycles. The predicted molar refractivity (Wildman–Crippen MR) is 109 cm³/mol. The van der Waals surface area contributed by atoms with Gasteiger partial charge >= 0.3 is 0 Å². The topological polar surface area (TPSA) is 131 Å². The van der Waals surface area contributed by atoms with Crippen molar-refractivity contribution < 1.29 is 9.53 Å². The number of anilines is 3. The van der Waals surface area contributed by atoms with E-state index in [1.165, 1.54) is 13.3 Å². The van der Waals surface area contributed by atoms with Gasteiger partial charge in [0.2, 0.25) is 5.91 Å². The minimum atomic E-state index is -0.693. The summed E-state index contributed by atoms with van der Waals surface area (Å²) in [5.74, 6) is -0.0327. The van der Waals surface area contributed by atoms with E-state index >= 15 is 0 Å². The summed E-state index contributed by atoms with van der Waals surface area (Å²) in [6.07, 6.45) is 2.60. The van der Waals surface area contributed by atoms with Gasteiger partial charge in [0.25, 0.3) is 0 Å². The van der Waals surface area contributed by atoms with Crippen LogP contribution in [0.25, 0.3) is 0 Å². The van der Waals surface area contributed by atoms with Crippen molar-refractivity contribution >= 4 is 23.1 Å². The zero-order valence-electron chi connectivity index (χ0n) is 16.3. The minimum Gasteiger partial charge on any atom is -0.366 e. The molecule has 0 aliphatic heterocycles. The normalized spacial score (nSPS) is 11.5. The molecule has 1 amide bonds. The standard InChI is InChI=1S/C20H21N7O2/c1-12-17(11-27(2)26-12)24-18-8-16(13(9-21)10-23-18)25-20(29-3)15-7-5-4-6-14(15)19(22)28/h4-8,10-11,20H,1-3H3,(H2,22,28)(H2,23,24,25). The van der Waals surface area contributed by atoms with E-state index in [4.69, 9.17) is 10.5 Å². The summed E-state index contributed by atoms with van der Waals surface area (Å²) in [5.41, 5.74) is 8.84.